The maximum atomic E-state index is 13.2. The first kappa shape index (κ1) is 8.13. The lowest BCUT2D eigenvalue weighted by molar-refractivity contribution is -0.145. The van der Waals surface area contributed by atoms with Gasteiger partial charge in [0, 0.05) is 12.5 Å². The number of carbonyl (C=O) groups excluding carboxylic acids is 1. The minimum Gasteiger partial charge on any atom is -0.378 e. The first-order valence-electron chi connectivity index (χ1n) is 4.16. The highest BCUT2D eigenvalue weighted by Crippen LogP contribution is 2.25. The monoisotopic (exact) mass is 173 g/mol. The van der Waals surface area contributed by atoms with E-state index in [4.69, 9.17) is 4.74 Å². The first-order chi connectivity index (χ1) is 5.70. The second-order valence-electron chi connectivity index (χ2n) is 3.50. The number of ether oxygens (including phenoxy) is 1. The molecule has 0 radical (unpaired) electrons. The van der Waals surface area contributed by atoms with E-state index in [-0.39, 0.29) is 17.9 Å². The molecule has 0 aromatic rings. The zero-order valence-electron chi connectivity index (χ0n) is 7.00. The summed E-state index contributed by atoms with van der Waals surface area (Å²) in [6.45, 7) is 0.908. The molecule has 3 atom stereocenters. The van der Waals surface area contributed by atoms with E-state index in [0.29, 0.717) is 19.6 Å². The number of likely N-dealkylation sites (N-methyl/N-ethyl adjacent to an activating group) is 1. The number of halogens is 1. The number of Topliss-reactive ketones (excluding diaryl/α,β-unsaturated/α-hetero) is 1. The summed E-state index contributed by atoms with van der Waals surface area (Å²) < 4.78 is 18.4. The molecule has 3 nitrogen and oxygen atoms in total. The molecule has 0 aromatic heterocycles. The van der Waals surface area contributed by atoms with Gasteiger partial charge in [0.1, 0.15) is 0 Å². The molecular weight excluding hydrogens is 161 g/mol. The Morgan fingerprint density at radius 1 is 1.58 bits per heavy atom. The van der Waals surface area contributed by atoms with E-state index in [2.05, 4.69) is 0 Å². The fraction of sp³-hybridized carbons (Fsp3) is 0.875. The number of morpholine rings is 1. The number of hydrogen-bond donors (Lipinski definition) is 0. The van der Waals surface area contributed by atoms with Crippen LogP contribution < -0.4 is 0 Å². The number of piperidine rings is 1. The zero-order chi connectivity index (χ0) is 8.72. The predicted molar refractivity (Wildman–Crippen MR) is 40.7 cm³/mol. The van der Waals surface area contributed by atoms with Crippen LogP contribution in [0.2, 0.25) is 0 Å². The lowest BCUT2D eigenvalue weighted by atomic mass is 9.92. The van der Waals surface area contributed by atoms with Crippen molar-refractivity contribution < 1.29 is 13.9 Å². The van der Waals surface area contributed by atoms with E-state index in [0.717, 1.165) is 0 Å². The van der Waals surface area contributed by atoms with Gasteiger partial charge in [0.2, 0.25) is 0 Å². The van der Waals surface area contributed by atoms with Crippen LogP contribution in [-0.4, -0.2) is 49.2 Å². The van der Waals surface area contributed by atoms with E-state index < -0.39 is 6.17 Å². The van der Waals surface area contributed by atoms with Crippen molar-refractivity contribution >= 4 is 5.78 Å². The van der Waals surface area contributed by atoms with E-state index in [9.17, 15) is 9.18 Å². The molecule has 0 aromatic carbocycles. The Hall–Kier alpha value is -0.480. The first-order valence-corrected chi connectivity index (χ1v) is 4.16. The molecule has 0 amide bonds. The molecule has 0 N–H and O–H groups in total. The lowest BCUT2D eigenvalue weighted by Gasteiger charge is -2.44. The van der Waals surface area contributed by atoms with Crippen LogP contribution in [0, 0.1) is 0 Å². The van der Waals surface area contributed by atoms with Gasteiger partial charge in [-0.05, 0) is 7.05 Å². The number of alkyl halides is 1. The van der Waals surface area contributed by atoms with Crippen molar-refractivity contribution in [3.63, 3.8) is 0 Å². The molecule has 3 unspecified atom stereocenters. The molecule has 2 aliphatic rings. The SMILES string of the molecule is CN1C2COCC1C(F)C(=O)C2. The highest BCUT2D eigenvalue weighted by Gasteiger charge is 2.43. The maximum absolute atomic E-state index is 13.2. The number of hydrogen-bond acceptors (Lipinski definition) is 3. The molecular formula is C8H12FNO2. The number of ketones is 1. The van der Waals surface area contributed by atoms with Crippen molar-refractivity contribution in [2.45, 2.75) is 24.7 Å². The predicted octanol–water partition coefficient (Wildman–Crippen LogP) is -0.00350. The van der Waals surface area contributed by atoms with Crippen LogP contribution in [0.5, 0.6) is 0 Å². The summed E-state index contributed by atoms with van der Waals surface area (Å²) in [6, 6.07) is -0.242. The van der Waals surface area contributed by atoms with Gasteiger partial charge >= 0.3 is 0 Å². The Morgan fingerprint density at radius 3 is 3.08 bits per heavy atom. The van der Waals surface area contributed by atoms with Crippen LogP contribution in [0.3, 0.4) is 0 Å². The molecule has 2 saturated heterocycles. The van der Waals surface area contributed by atoms with Gasteiger partial charge in [-0.2, -0.15) is 0 Å². The number of fused-ring (bicyclic) bond motifs is 2. The van der Waals surface area contributed by atoms with Crippen molar-refractivity contribution in [1.82, 2.24) is 4.90 Å². The third kappa shape index (κ3) is 1.06. The second-order valence-corrected chi connectivity index (χ2v) is 3.50. The molecule has 0 saturated carbocycles. The van der Waals surface area contributed by atoms with Crippen LogP contribution in [0.15, 0.2) is 0 Å². The molecule has 0 spiro atoms. The fourth-order valence-corrected chi connectivity index (χ4v) is 1.88. The molecule has 12 heavy (non-hydrogen) atoms. The summed E-state index contributed by atoms with van der Waals surface area (Å²) in [4.78, 5) is 13.0. The Kier molecular flexibility index (Phi) is 1.88. The van der Waals surface area contributed by atoms with Gasteiger partial charge in [0.25, 0.3) is 0 Å². The largest absolute Gasteiger partial charge is 0.378 e. The molecule has 0 aliphatic carbocycles. The minimum atomic E-state index is -1.34. The Morgan fingerprint density at radius 2 is 2.33 bits per heavy atom. The molecule has 2 heterocycles. The Balaban J connectivity index is 2.19. The summed E-state index contributed by atoms with van der Waals surface area (Å²) in [5, 5.41) is 0. The van der Waals surface area contributed by atoms with E-state index in [1.54, 1.807) is 0 Å². The van der Waals surface area contributed by atoms with E-state index in [1.165, 1.54) is 0 Å². The van der Waals surface area contributed by atoms with Gasteiger partial charge in [-0.25, -0.2) is 4.39 Å². The van der Waals surface area contributed by atoms with Crippen molar-refractivity contribution in [2.24, 2.45) is 0 Å². The van der Waals surface area contributed by atoms with E-state index in [1.807, 2.05) is 11.9 Å². The number of carbonyl (C=O) groups is 1. The Labute approximate surface area is 70.5 Å². The lowest BCUT2D eigenvalue weighted by Crippen LogP contribution is -2.60. The molecule has 2 bridgehead atoms. The van der Waals surface area contributed by atoms with Gasteiger partial charge in [-0.15, -0.1) is 0 Å². The molecule has 4 heteroatoms. The van der Waals surface area contributed by atoms with Crippen molar-refractivity contribution in [1.29, 1.82) is 0 Å². The molecule has 68 valence electrons. The standard InChI is InChI=1S/C8H12FNO2/c1-10-5-2-7(11)8(9)6(10)4-12-3-5/h5-6,8H,2-4H2,1H3. The summed E-state index contributed by atoms with van der Waals surface area (Å²) >= 11 is 0. The summed E-state index contributed by atoms with van der Waals surface area (Å²) in [6.07, 6.45) is -1.04. The summed E-state index contributed by atoms with van der Waals surface area (Å²) in [5.74, 6) is -0.258. The van der Waals surface area contributed by atoms with Crippen LogP contribution in [0.25, 0.3) is 0 Å². The third-order valence-electron chi connectivity index (χ3n) is 2.78. The highest BCUT2D eigenvalue weighted by atomic mass is 19.1. The van der Waals surface area contributed by atoms with Gasteiger partial charge < -0.3 is 4.74 Å². The normalized spacial score (nSPS) is 43.2. The second kappa shape index (κ2) is 2.78. The fourth-order valence-electron chi connectivity index (χ4n) is 1.88. The van der Waals surface area contributed by atoms with Gasteiger partial charge in [-0.1, -0.05) is 0 Å². The minimum absolute atomic E-state index is 0.100. The third-order valence-corrected chi connectivity index (χ3v) is 2.78. The molecule has 2 aliphatic heterocycles. The van der Waals surface area contributed by atoms with Crippen LogP contribution in [0.4, 0.5) is 4.39 Å². The van der Waals surface area contributed by atoms with Crippen LogP contribution in [-0.2, 0) is 9.53 Å². The average Bonchev–Trinajstić information content (AvgIpc) is 2.04. The summed E-state index contributed by atoms with van der Waals surface area (Å²) in [7, 11) is 1.86. The maximum Gasteiger partial charge on any atom is 0.176 e. The van der Waals surface area contributed by atoms with Crippen LogP contribution in [0.1, 0.15) is 6.42 Å². The number of nitrogens with zero attached hydrogens (tertiary/aromatic N) is 1. The zero-order valence-corrected chi connectivity index (χ0v) is 7.00. The smallest absolute Gasteiger partial charge is 0.176 e. The molecule has 2 rings (SSSR count). The van der Waals surface area contributed by atoms with Crippen LogP contribution >= 0.6 is 0 Å². The van der Waals surface area contributed by atoms with Gasteiger partial charge in [-0.3, -0.25) is 9.69 Å². The number of rotatable bonds is 0. The van der Waals surface area contributed by atoms with Crippen molar-refractivity contribution in [2.75, 3.05) is 20.3 Å². The van der Waals surface area contributed by atoms with Gasteiger partial charge in [0.05, 0.1) is 19.3 Å². The van der Waals surface area contributed by atoms with E-state index >= 15 is 0 Å². The van der Waals surface area contributed by atoms with Gasteiger partial charge in [0.15, 0.2) is 12.0 Å². The quantitative estimate of drug-likeness (QED) is 0.516. The average molecular weight is 173 g/mol. The Bertz CT molecular complexity index is 209. The molecule has 2 fully saturated rings. The topological polar surface area (TPSA) is 29.5 Å². The summed E-state index contributed by atoms with van der Waals surface area (Å²) in [5.41, 5.74) is 0. The highest BCUT2D eigenvalue weighted by molar-refractivity contribution is 5.85. The van der Waals surface area contributed by atoms with Crippen molar-refractivity contribution in [3.8, 4) is 0 Å². The van der Waals surface area contributed by atoms with Crippen molar-refractivity contribution in [3.05, 3.63) is 0 Å².